The van der Waals surface area contributed by atoms with E-state index in [1.54, 1.807) is 11.8 Å². The average Bonchev–Trinajstić information content (AvgIpc) is 2.37. The van der Waals surface area contributed by atoms with Gasteiger partial charge in [0.15, 0.2) is 0 Å². The van der Waals surface area contributed by atoms with Gasteiger partial charge < -0.3 is 11.1 Å². The first-order valence-electron chi connectivity index (χ1n) is 6.19. The smallest absolute Gasteiger partial charge is 0.237 e. The van der Waals surface area contributed by atoms with Crippen LogP contribution in [-0.2, 0) is 11.2 Å². The maximum absolute atomic E-state index is 11.8. The van der Waals surface area contributed by atoms with Crippen molar-refractivity contribution in [1.29, 1.82) is 0 Å². The summed E-state index contributed by atoms with van der Waals surface area (Å²) >= 11 is 1.79. The SMILES string of the molecule is CSCC(C)CNC(=O)[C@@H](N)Cc1ccccc1. The molecule has 0 aliphatic rings. The molecule has 1 rings (SSSR count). The molecule has 0 fully saturated rings. The molecule has 100 valence electrons. The van der Waals surface area contributed by atoms with E-state index in [0.29, 0.717) is 18.9 Å². The van der Waals surface area contributed by atoms with Gasteiger partial charge in [-0.05, 0) is 29.9 Å². The Bertz CT molecular complexity index is 356. The summed E-state index contributed by atoms with van der Waals surface area (Å²) in [6.07, 6.45) is 2.66. The molecule has 0 heterocycles. The van der Waals surface area contributed by atoms with Crippen LogP contribution in [0.25, 0.3) is 0 Å². The molecular weight excluding hydrogens is 244 g/mol. The highest BCUT2D eigenvalue weighted by Crippen LogP contribution is 2.04. The van der Waals surface area contributed by atoms with Crippen molar-refractivity contribution in [3.05, 3.63) is 35.9 Å². The fourth-order valence-electron chi connectivity index (χ4n) is 1.71. The van der Waals surface area contributed by atoms with Gasteiger partial charge in [-0.15, -0.1) is 0 Å². The van der Waals surface area contributed by atoms with Gasteiger partial charge in [0, 0.05) is 6.54 Å². The topological polar surface area (TPSA) is 55.1 Å². The number of hydrogen-bond donors (Lipinski definition) is 2. The van der Waals surface area contributed by atoms with Gasteiger partial charge in [-0.25, -0.2) is 0 Å². The van der Waals surface area contributed by atoms with Crippen molar-refractivity contribution in [2.24, 2.45) is 11.7 Å². The van der Waals surface area contributed by atoms with Gasteiger partial charge in [0.05, 0.1) is 6.04 Å². The number of thioether (sulfide) groups is 1. The van der Waals surface area contributed by atoms with Crippen molar-refractivity contribution in [2.45, 2.75) is 19.4 Å². The Morgan fingerprint density at radius 1 is 1.39 bits per heavy atom. The molecule has 0 bridgehead atoms. The summed E-state index contributed by atoms with van der Waals surface area (Å²) in [5.41, 5.74) is 6.99. The summed E-state index contributed by atoms with van der Waals surface area (Å²) < 4.78 is 0. The molecule has 0 saturated carbocycles. The second-order valence-corrected chi connectivity index (χ2v) is 5.51. The van der Waals surface area contributed by atoms with Gasteiger partial charge in [-0.1, -0.05) is 37.3 Å². The van der Waals surface area contributed by atoms with Crippen LogP contribution in [0.15, 0.2) is 30.3 Å². The van der Waals surface area contributed by atoms with Crippen LogP contribution in [-0.4, -0.2) is 30.5 Å². The number of benzene rings is 1. The lowest BCUT2D eigenvalue weighted by molar-refractivity contribution is -0.122. The van der Waals surface area contributed by atoms with Crippen LogP contribution in [0.4, 0.5) is 0 Å². The molecule has 18 heavy (non-hydrogen) atoms. The van der Waals surface area contributed by atoms with Gasteiger partial charge in [-0.3, -0.25) is 4.79 Å². The molecule has 1 unspecified atom stereocenters. The Kier molecular flexibility index (Phi) is 6.83. The lowest BCUT2D eigenvalue weighted by Crippen LogP contribution is -2.43. The predicted molar refractivity (Wildman–Crippen MR) is 78.7 cm³/mol. The third kappa shape index (κ3) is 5.56. The monoisotopic (exact) mass is 266 g/mol. The number of nitrogens with one attached hydrogen (secondary N) is 1. The Hall–Kier alpha value is -1.00. The zero-order chi connectivity index (χ0) is 13.4. The zero-order valence-corrected chi connectivity index (χ0v) is 11.9. The number of carbonyl (C=O) groups is 1. The van der Waals surface area contributed by atoms with E-state index in [4.69, 9.17) is 5.73 Å². The molecule has 0 saturated heterocycles. The molecule has 2 atom stereocenters. The van der Waals surface area contributed by atoms with Gasteiger partial charge >= 0.3 is 0 Å². The maximum atomic E-state index is 11.8. The minimum Gasteiger partial charge on any atom is -0.354 e. The summed E-state index contributed by atoms with van der Waals surface area (Å²) in [6, 6.07) is 9.39. The van der Waals surface area contributed by atoms with Crippen LogP contribution < -0.4 is 11.1 Å². The van der Waals surface area contributed by atoms with Crippen LogP contribution in [0.5, 0.6) is 0 Å². The van der Waals surface area contributed by atoms with Gasteiger partial charge in [-0.2, -0.15) is 11.8 Å². The van der Waals surface area contributed by atoms with E-state index in [-0.39, 0.29) is 5.91 Å². The van der Waals surface area contributed by atoms with Crippen molar-refractivity contribution in [2.75, 3.05) is 18.6 Å². The molecule has 0 aliphatic carbocycles. The van der Waals surface area contributed by atoms with Crippen molar-refractivity contribution < 1.29 is 4.79 Å². The van der Waals surface area contributed by atoms with Crippen molar-refractivity contribution in [3.63, 3.8) is 0 Å². The van der Waals surface area contributed by atoms with E-state index in [1.165, 1.54) is 0 Å². The van der Waals surface area contributed by atoms with E-state index < -0.39 is 6.04 Å². The summed E-state index contributed by atoms with van der Waals surface area (Å²) in [5, 5.41) is 2.91. The highest BCUT2D eigenvalue weighted by Gasteiger charge is 2.14. The molecule has 1 amide bonds. The zero-order valence-electron chi connectivity index (χ0n) is 11.1. The standard InChI is InChI=1S/C14H22N2OS/c1-11(10-18-2)9-16-14(17)13(15)8-12-6-4-3-5-7-12/h3-7,11,13H,8-10,15H2,1-2H3,(H,16,17)/t11?,13-/m0/s1. The van der Waals surface area contributed by atoms with Crippen LogP contribution in [0.2, 0.25) is 0 Å². The minimum absolute atomic E-state index is 0.0631. The van der Waals surface area contributed by atoms with E-state index in [9.17, 15) is 4.79 Å². The van der Waals surface area contributed by atoms with E-state index in [2.05, 4.69) is 18.5 Å². The van der Waals surface area contributed by atoms with Crippen molar-refractivity contribution in [1.82, 2.24) is 5.32 Å². The first-order valence-corrected chi connectivity index (χ1v) is 7.59. The van der Waals surface area contributed by atoms with E-state index >= 15 is 0 Å². The largest absolute Gasteiger partial charge is 0.354 e. The maximum Gasteiger partial charge on any atom is 0.237 e. The number of hydrogen-bond acceptors (Lipinski definition) is 3. The number of nitrogens with two attached hydrogens (primary N) is 1. The molecule has 0 aliphatic heterocycles. The Labute approximate surface area is 114 Å². The summed E-state index contributed by atoms with van der Waals surface area (Å²) in [5.74, 6) is 1.47. The highest BCUT2D eigenvalue weighted by atomic mass is 32.2. The highest BCUT2D eigenvalue weighted by molar-refractivity contribution is 7.98. The fourth-order valence-corrected chi connectivity index (χ4v) is 2.40. The minimum atomic E-state index is -0.464. The number of carbonyl (C=O) groups excluding carboxylic acids is 1. The van der Waals surface area contributed by atoms with Crippen molar-refractivity contribution >= 4 is 17.7 Å². The first kappa shape index (κ1) is 15.1. The molecule has 1 aromatic rings. The lowest BCUT2D eigenvalue weighted by atomic mass is 10.1. The molecule has 3 nitrogen and oxygen atoms in total. The summed E-state index contributed by atoms with van der Waals surface area (Å²) in [7, 11) is 0. The van der Waals surface area contributed by atoms with E-state index in [1.807, 2.05) is 30.3 Å². The molecule has 0 spiro atoms. The Morgan fingerprint density at radius 2 is 2.06 bits per heavy atom. The quantitative estimate of drug-likeness (QED) is 0.789. The summed E-state index contributed by atoms with van der Waals surface area (Å²) in [6.45, 7) is 2.82. The molecule has 4 heteroatoms. The third-order valence-electron chi connectivity index (χ3n) is 2.71. The van der Waals surface area contributed by atoms with Crippen LogP contribution in [0.1, 0.15) is 12.5 Å². The van der Waals surface area contributed by atoms with Crippen LogP contribution in [0, 0.1) is 5.92 Å². The Morgan fingerprint density at radius 3 is 2.67 bits per heavy atom. The molecule has 0 aromatic heterocycles. The normalized spacial score (nSPS) is 13.9. The lowest BCUT2D eigenvalue weighted by Gasteiger charge is -2.15. The third-order valence-corrected chi connectivity index (χ3v) is 3.61. The second kappa shape index (κ2) is 8.16. The molecule has 0 radical (unpaired) electrons. The fraction of sp³-hybridized carbons (Fsp3) is 0.500. The number of rotatable bonds is 7. The van der Waals surface area contributed by atoms with Crippen LogP contribution >= 0.6 is 11.8 Å². The summed E-state index contributed by atoms with van der Waals surface area (Å²) in [4.78, 5) is 11.8. The van der Waals surface area contributed by atoms with E-state index in [0.717, 1.165) is 11.3 Å². The van der Waals surface area contributed by atoms with Gasteiger partial charge in [0.25, 0.3) is 0 Å². The van der Waals surface area contributed by atoms with Gasteiger partial charge in [0.1, 0.15) is 0 Å². The molecular formula is C14H22N2OS. The Balaban J connectivity index is 2.33. The molecule has 3 N–H and O–H groups in total. The van der Waals surface area contributed by atoms with Gasteiger partial charge in [0.2, 0.25) is 5.91 Å². The second-order valence-electron chi connectivity index (χ2n) is 4.60. The average molecular weight is 266 g/mol. The van der Waals surface area contributed by atoms with Crippen molar-refractivity contribution in [3.8, 4) is 0 Å². The predicted octanol–water partition coefficient (Wildman–Crippen LogP) is 1.67. The van der Waals surface area contributed by atoms with Crippen LogP contribution in [0.3, 0.4) is 0 Å². The molecule has 1 aromatic carbocycles. The first-order chi connectivity index (χ1) is 8.63. The number of amides is 1.